The predicted octanol–water partition coefficient (Wildman–Crippen LogP) is 5.14. The third-order valence-electron chi connectivity index (χ3n) is 6.34. The number of nitrogens with zero attached hydrogens (tertiary/aromatic N) is 6. The Morgan fingerprint density at radius 1 is 0.742 bits per heavy atom. The molecule has 3 heterocycles. The van der Waals surface area contributed by atoms with Gasteiger partial charge in [0.15, 0.2) is 0 Å². The molecule has 0 unspecified atom stereocenters. The summed E-state index contributed by atoms with van der Waals surface area (Å²) < 4.78 is 4.23. The number of hydrogen-bond donors (Lipinski definition) is 0. The Balaban J connectivity index is 1.67. The summed E-state index contributed by atoms with van der Waals surface area (Å²) >= 11 is 0. The van der Waals surface area contributed by atoms with Gasteiger partial charge in [0.05, 0.1) is 11.4 Å². The number of anilines is 2. The van der Waals surface area contributed by atoms with E-state index in [4.69, 9.17) is 10.2 Å². The molecular weight excluding hydrogens is 384 g/mol. The molecule has 0 N–H and O–H groups in total. The van der Waals surface area contributed by atoms with Crippen molar-refractivity contribution in [2.75, 3.05) is 9.80 Å². The molecule has 6 nitrogen and oxygen atoms in total. The molecule has 160 valence electrons. The highest BCUT2D eigenvalue weighted by Gasteiger charge is 2.33. The van der Waals surface area contributed by atoms with Gasteiger partial charge >= 0.3 is 0 Å². The number of aryl methyl sites for hydroxylation is 4. The molecule has 5 rings (SSSR count). The van der Waals surface area contributed by atoms with Gasteiger partial charge in [-0.15, -0.1) is 0 Å². The third kappa shape index (κ3) is 3.26. The summed E-state index contributed by atoms with van der Waals surface area (Å²) in [5, 5.41) is 12.1. The van der Waals surface area contributed by atoms with Crippen LogP contribution in [0.5, 0.6) is 0 Å². The molecule has 4 aromatic rings. The Morgan fingerprint density at radius 3 is 1.61 bits per heavy atom. The lowest BCUT2D eigenvalue weighted by molar-refractivity contribution is 0.424. The summed E-state index contributed by atoms with van der Waals surface area (Å²) in [6.07, 6.45) is 1.19. The van der Waals surface area contributed by atoms with Crippen LogP contribution in [-0.4, -0.2) is 25.7 Å². The second-order valence-electron chi connectivity index (χ2n) is 8.62. The summed E-state index contributed by atoms with van der Waals surface area (Å²) in [6, 6.07) is 17.5. The topological polar surface area (TPSA) is 42.1 Å². The molecule has 0 radical (unpaired) electrons. The largest absolute Gasteiger partial charge is 0.331 e. The van der Waals surface area contributed by atoms with Gasteiger partial charge in [-0.3, -0.25) is 0 Å². The first-order valence-electron chi connectivity index (χ1n) is 11.0. The first kappa shape index (κ1) is 19.7. The van der Waals surface area contributed by atoms with Crippen molar-refractivity contribution in [1.82, 2.24) is 19.6 Å². The fourth-order valence-corrected chi connectivity index (χ4v) is 4.98. The highest BCUT2D eigenvalue weighted by molar-refractivity contribution is 6.05. The maximum atomic E-state index is 4.76. The van der Waals surface area contributed by atoms with Crippen molar-refractivity contribution in [3.63, 3.8) is 0 Å². The van der Waals surface area contributed by atoms with E-state index in [0.717, 1.165) is 31.1 Å². The molecule has 0 amide bonds. The Hall–Kier alpha value is -3.28. The Labute approximate surface area is 183 Å². The quantitative estimate of drug-likeness (QED) is 0.453. The molecule has 0 fully saturated rings. The zero-order chi connectivity index (χ0) is 21.7. The van der Waals surface area contributed by atoms with Gasteiger partial charge in [-0.2, -0.15) is 10.2 Å². The van der Waals surface area contributed by atoms with Crippen LogP contribution in [0.1, 0.15) is 36.1 Å². The van der Waals surface area contributed by atoms with E-state index in [1.165, 1.54) is 33.5 Å². The average Bonchev–Trinajstić information content (AvgIpc) is 3.24. The summed E-state index contributed by atoms with van der Waals surface area (Å²) in [6.45, 7) is 12.1. The van der Waals surface area contributed by atoms with Gasteiger partial charge in [-0.05, 0) is 63.8 Å². The van der Waals surface area contributed by atoms with Gasteiger partial charge < -0.3 is 9.80 Å². The molecular formula is C25H30N6. The summed E-state index contributed by atoms with van der Waals surface area (Å²) in [5.74, 6) is 0. The average molecular weight is 415 g/mol. The number of benzene rings is 2. The van der Waals surface area contributed by atoms with Gasteiger partial charge in [-0.25, -0.2) is 9.36 Å². The van der Waals surface area contributed by atoms with Crippen LogP contribution in [0.25, 0.3) is 10.8 Å². The van der Waals surface area contributed by atoms with E-state index in [9.17, 15) is 0 Å². The lowest BCUT2D eigenvalue weighted by Gasteiger charge is -2.46. The van der Waals surface area contributed by atoms with E-state index in [1.54, 1.807) is 0 Å². The first-order valence-corrected chi connectivity index (χ1v) is 11.0. The number of rotatable bonds is 5. The van der Waals surface area contributed by atoms with Crippen molar-refractivity contribution < 1.29 is 0 Å². The maximum absolute atomic E-state index is 4.76. The summed E-state index contributed by atoms with van der Waals surface area (Å²) in [7, 11) is 0. The molecule has 0 saturated heterocycles. The van der Waals surface area contributed by atoms with Crippen LogP contribution < -0.4 is 9.80 Å². The highest BCUT2D eigenvalue weighted by atomic mass is 15.5. The van der Waals surface area contributed by atoms with Crippen molar-refractivity contribution >= 4 is 22.1 Å². The molecule has 31 heavy (non-hydrogen) atoms. The minimum absolute atomic E-state index is 0.202. The molecule has 2 aromatic carbocycles. The molecule has 1 aliphatic rings. The standard InChI is InChI=1S/C25H30N6/c1-6-24-28(15-30-19(4)13-17(2)26-30)22-11-7-9-21-10-8-12-23(25(21)22)29(24)16-31-20(5)14-18(3)27-31/h7-14,24H,6,15-16H2,1-5H3. The van der Waals surface area contributed by atoms with E-state index in [0.29, 0.717) is 0 Å². The second kappa shape index (κ2) is 7.45. The van der Waals surface area contributed by atoms with E-state index in [2.05, 4.69) is 102 Å². The van der Waals surface area contributed by atoms with E-state index >= 15 is 0 Å². The van der Waals surface area contributed by atoms with Crippen LogP contribution in [0, 0.1) is 27.7 Å². The van der Waals surface area contributed by atoms with Crippen LogP contribution in [0.4, 0.5) is 11.4 Å². The van der Waals surface area contributed by atoms with Crippen molar-refractivity contribution in [2.24, 2.45) is 0 Å². The molecule has 0 bridgehead atoms. The smallest absolute Gasteiger partial charge is 0.114 e. The highest BCUT2D eigenvalue weighted by Crippen LogP contribution is 2.43. The van der Waals surface area contributed by atoms with E-state index in [1.807, 2.05) is 0 Å². The Kier molecular flexibility index (Phi) is 4.73. The van der Waals surface area contributed by atoms with Crippen LogP contribution in [0.15, 0.2) is 48.5 Å². The first-order chi connectivity index (χ1) is 15.0. The number of hydrogen-bond acceptors (Lipinski definition) is 4. The molecule has 0 atom stereocenters. The normalized spacial score (nSPS) is 14.1. The van der Waals surface area contributed by atoms with Gasteiger partial charge in [0.2, 0.25) is 0 Å². The second-order valence-corrected chi connectivity index (χ2v) is 8.62. The van der Waals surface area contributed by atoms with Gasteiger partial charge in [0, 0.05) is 28.1 Å². The van der Waals surface area contributed by atoms with Crippen LogP contribution in [-0.2, 0) is 13.3 Å². The molecule has 2 aromatic heterocycles. The van der Waals surface area contributed by atoms with Crippen molar-refractivity contribution in [2.45, 2.75) is 60.5 Å². The zero-order valence-corrected chi connectivity index (χ0v) is 19.0. The van der Waals surface area contributed by atoms with E-state index < -0.39 is 0 Å². The monoisotopic (exact) mass is 414 g/mol. The lowest BCUT2D eigenvalue weighted by atomic mass is 10.0. The van der Waals surface area contributed by atoms with Gasteiger partial charge in [0.25, 0.3) is 0 Å². The summed E-state index contributed by atoms with van der Waals surface area (Å²) in [5.41, 5.74) is 7.03. The van der Waals surface area contributed by atoms with Gasteiger partial charge in [0.1, 0.15) is 19.5 Å². The van der Waals surface area contributed by atoms with Crippen LogP contribution in [0.3, 0.4) is 0 Å². The Bertz CT molecular complexity index is 1160. The zero-order valence-electron chi connectivity index (χ0n) is 19.0. The van der Waals surface area contributed by atoms with Crippen LogP contribution in [0.2, 0.25) is 0 Å². The van der Waals surface area contributed by atoms with Crippen LogP contribution >= 0.6 is 0 Å². The molecule has 0 spiro atoms. The van der Waals surface area contributed by atoms with Crippen molar-refractivity contribution in [1.29, 1.82) is 0 Å². The van der Waals surface area contributed by atoms with Crippen molar-refractivity contribution in [3.8, 4) is 0 Å². The molecule has 0 saturated carbocycles. The van der Waals surface area contributed by atoms with Gasteiger partial charge in [-0.1, -0.05) is 31.2 Å². The SMILES string of the molecule is CCC1N(Cn2nc(C)cc2C)c2cccc3cccc(c23)N1Cn1nc(C)cc1C. The molecule has 0 aliphatic carbocycles. The summed E-state index contributed by atoms with van der Waals surface area (Å²) in [4.78, 5) is 5.00. The lowest BCUT2D eigenvalue weighted by Crippen LogP contribution is -2.52. The number of aromatic nitrogens is 4. The predicted molar refractivity (Wildman–Crippen MR) is 126 cm³/mol. The molecule has 6 heteroatoms. The van der Waals surface area contributed by atoms with Crippen molar-refractivity contribution in [3.05, 3.63) is 71.3 Å². The fourth-order valence-electron chi connectivity index (χ4n) is 4.98. The molecule has 1 aliphatic heterocycles. The van der Waals surface area contributed by atoms with E-state index in [-0.39, 0.29) is 6.17 Å². The fraction of sp³-hybridized carbons (Fsp3) is 0.360. The minimum atomic E-state index is 0.202. The Morgan fingerprint density at radius 2 is 1.23 bits per heavy atom. The minimum Gasteiger partial charge on any atom is -0.331 e. The third-order valence-corrected chi connectivity index (χ3v) is 6.34. The maximum Gasteiger partial charge on any atom is 0.114 e.